The van der Waals surface area contributed by atoms with Crippen LogP contribution in [0.25, 0.3) is 0 Å². The molecule has 0 heterocycles. The van der Waals surface area contributed by atoms with Crippen LogP contribution in [0.3, 0.4) is 0 Å². The molecule has 0 saturated heterocycles. The van der Waals surface area contributed by atoms with E-state index in [1.165, 1.54) is 161 Å². The monoisotopic (exact) mass is 1030 g/mol. The van der Waals surface area contributed by atoms with Crippen LogP contribution in [0.5, 0.6) is 0 Å². The van der Waals surface area contributed by atoms with E-state index in [0.717, 1.165) is 109 Å². The fraction of sp³-hybridized carbons (Fsp3) is 0.750. The van der Waals surface area contributed by atoms with E-state index in [1.54, 1.807) is 0 Å². The van der Waals surface area contributed by atoms with Crippen molar-refractivity contribution in [1.82, 2.24) is 0 Å². The Balaban J connectivity index is 4.37. The lowest BCUT2D eigenvalue weighted by Gasteiger charge is -2.18. The fourth-order valence-electron chi connectivity index (χ4n) is 8.91. The molecule has 0 spiro atoms. The smallest absolute Gasteiger partial charge is 0.306 e. The lowest BCUT2D eigenvalue weighted by Crippen LogP contribution is -2.30. The normalized spacial score (nSPS) is 12.6. The molecule has 0 aliphatic heterocycles. The van der Waals surface area contributed by atoms with Gasteiger partial charge in [-0.25, -0.2) is 0 Å². The summed E-state index contributed by atoms with van der Waals surface area (Å²) in [6, 6.07) is 0. The van der Waals surface area contributed by atoms with Crippen molar-refractivity contribution >= 4 is 17.9 Å². The molecule has 0 amide bonds. The summed E-state index contributed by atoms with van der Waals surface area (Å²) in [6.07, 6.45) is 81.5. The van der Waals surface area contributed by atoms with E-state index in [1.807, 2.05) is 0 Å². The van der Waals surface area contributed by atoms with Gasteiger partial charge in [0.25, 0.3) is 0 Å². The molecule has 0 aliphatic carbocycles. The van der Waals surface area contributed by atoms with Crippen molar-refractivity contribution in [2.75, 3.05) is 13.2 Å². The zero-order chi connectivity index (χ0) is 53.6. The molecule has 0 aliphatic rings. The van der Waals surface area contributed by atoms with Crippen LogP contribution in [0.4, 0.5) is 0 Å². The predicted molar refractivity (Wildman–Crippen MR) is 321 cm³/mol. The third kappa shape index (κ3) is 59.5. The van der Waals surface area contributed by atoms with Gasteiger partial charge < -0.3 is 14.2 Å². The minimum atomic E-state index is -0.784. The van der Waals surface area contributed by atoms with Crippen LogP contribution in [-0.2, 0) is 28.6 Å². The van der Waals surface area contributed by atoms with Crippen molar-refractivity contribution < 1.29 is 28.6 Å². The summed E-state index contributed by atoms with van der Waals surface area (Å²) in [7, 11) is 0. The van der Waals surface area contributed by atoms with Gasteiger partial charge in [0.2, 0.25) is 0 Å². The van der Waals surface area contributed by atoms with Crippen LogP contribution in [0.15, 0.2) is 85.1 Å². The number of carbonyl (C=O) groups is 3. The van der Waals surface area contributed by atoms with Crippen molar-refractivity contribution in [2.45, 2.75) is 316 Å². The van der Waals surface area contributed by atoms with E-state index >= 15 is 0 Å². The Hall–Kier alpha value is -3.41. The Bertz CT molecular complexity index is 1420. The number of carbonyl (C=O) groups excluding carboxylic acids is 3. The van der Waals surface area contributed by atoms with Crippen molar-refractivity contribution in [2.24, 2.45) is 0 Å². The Morgan fingerprint density at radius 3 is 0.838 bits per heavy atom. The largest absolute Gasteiger partial charge is 0.462 e. The van der Waals surface area contributed by atoms with Crippen LogP contribution in [-0.4, -0.2) is 37.2 Å². The predicted octanol–water partition coefficient (Wildman–Crippen LogP) is 21.5. The highest BCUT2D eigenvalue weighted by atomic mass is 16.6. The molecule has 0 bridgehead atoms. The molecule has 0 aromatic carbocycles. The van der Waals surface area contributed by atoms with Gasteiger partial charge in [0.15, 0.2) is 6.10 Å². The summed E-state index contributed by atoms with van der Waals surface area (Å²) in [4.78, 5) is 38.3. The highest BCUT2D eigenvalue weighted by molar-refractivity contribution is 5.71. The number of rotatable bonds is 57. The fourth-order valence-corrected chi connectivity index (χ4v) is 8.91. The molecule has 0 radical (unpaired) electrons. The van der Waals surface area contributed by atoms with Crippen LogP contribution >= 0.6 is 0 Å². The van der Waals surface area contributed by atoms with Crippen LogP contribution < -0.4 is 0 Å². The Labute approximate surface area is 458 Å². The van der Waals surface area contributed by atoms with Gasteiger partial charge in [-0.1, -0.05) is 279 Å². The molecule has 0 saturated carbocycles. The molecule has 6 nitrogen and oxygen atoms in total. The lowest BCUT2D eigenvalue weighted by atomic mass is 10.0. The summed E-state index contributed by atoms with van der Waals surface area (Å²) in [5.74, 6) is -0.887. The van der Waals surface area contributed by atoms with Crippen molar-refractivity contribution in [3.63, 3.8) is 0 Å². The van der Waals surface area contributed by atoms with Crippen molar-refractivity contribution in [1.29, 1.82) is 0 Å². The molecule has 0 fully saturated rings. The summed E-state index contributed by atoms with van der Waals surface area (Å²) < 4.78 is 16.9. The van der Waals surface area contributed by atoms with Crippen molar-refractivity contribution in [3.05, 3.63) is 85.1 Å². The standard InChI is InChI=1S/C68H118O6/c1-4-7-10-13-16-19-22-25-28-30-31-32-33-34-35-36-37-39-40-43-46-49-52-55-58-61-67(70)73-64-65(63-72-66(69)60-57-54-51-48-45-42-27-24-21-18-15-12-9-6-3)74-68(71)62-59-56-53-50-47-44-41-38-29-26-23-20-17-14-11-8-5-2/h7,10,16,19,25-26,28-29,31-32,34-35,37,39,65H,4-6,8-9,11-15,17-18,20-24,27,30,33,36,38,40-64H2,1-3H3/b10-7-,19-16-,28-25-,29-26-,32-31-,35-34-,39-37-. The molecule has 0 rings (SSSR count). The molecule has 426 valence electrons. The molecule has 0 aromatic heterocycles. The van der Waals surface area contributed by atoms with E-state index in [9.17, 15) is 14.4 Å². The minimum absolute atomic E-state index is 0.0801. The summed E-state index contributed by atoms with van der Waals surface area (Å²) >= 11 is 0. The minimum Gasteiger partial charge on any atom is -0.462 e. The van der Waals surface area contributed by atoms with Gasteiger partial charge in [0.05, 0.1) is 0 Å². The van der Waals surface area contributed by atoms with Gasteiger partial charge in [-0.05, 0) is 96.3 Å². The summed E-state index contributed by atoms with van der Waals surface area (Å²) in [6.45, 7) is 6.54. The van der Waals surface area contributed by atoms with Gasteiger partial charge in [0.1, 0.15) is 13.2 Å². The Kier molecular flexibility index (Phi) is 59.3. The quantitative estimate of drug-likeness (QED) is 0.0261. The number of ether oxygens (including phenoxy) is 3. The number of esters is 3. The molecule has 0 aromatic rings. The second-order valence-electron chi connectivity index (χ2n) is 20.9. The number of hydrogen-bond acceptors (Lipinski definition) is 6. The first kappa shape index (κ1) is 70.6. The molecule has 1 unspecified atom stereocenters. The van der Waals surface area contributed by atoms with Crippen LogP contribution in [0.2, 0.25) is 0 Å². The van der Waals surface area contributed by atoms with Crippen LogP contribution in [0.1, 0.15) is 310 Å². The first-order chi connectivity index (χ1) is 36.5. The summed E-state index contributed by atoms with van der Waals surface area (Å²) in [5.41, 5.74) is 0. The SMILES string of the molecule is CC/C=C\C/C=C\C/C=C\C/C=C\C/C=C\C/C=C\CCCCCCCCC(=O)OCC(COC(=O)CCCCCCCCCCCCCCCC)OC(=O)CCCCCCCCC/C=C\CCCCCCCC. The maximum absolute atomic E-state index is 12.9. The third-order valence-electron chi connectivity index (χ3n) is 13.6. The number of hydrogen-bond donors (Lipinski definition) is 0. The van der Waals surface area contributed by atoms with Gasteiger partial charge in [-0.2, -0.15) is 0 Å². The number of allylic oxidation sites excluding steroid dienone is 14. The summed E-state index contributed by atoms with van der Waals surface area (Å²) in [5, 5.41) is 0. The van der Waals surface area contributed by atoms with E-state index in [-0.39, 0.29) is 31.1 Å². The van der Waals surface area contributed by atoms with Crippen LogP contribution in [0, 0.1) is 0 Å². The number of unbranched alkanes of at least 4 members (excludes halogenated alkanes) is 32. The maximum atomic E-state index is 12.9. The Morgan fingerprint density at radius 1 is 0.284 bits per heavy atom. The van der Waals surface area contributed by atoms with E-state index in [2.05, 4.69) is 106 Å². The van der Waals surface area contributed by atoms with Gasteiger partial charge in [-0.15, -0.1) is 0 Å². The first-order valence-electron chi connectivity index (χ1n) is 31.6. The van der Waals surface area contributed by atoms with Gasteiger partial charge in [0, 0.05) is 19.3 Å². The van der Waals surface area contributed by atoms with Crippen molar-refractivity contribution in [3.8, 4) is 0 Å². The molecule has 74 heavy (non-hydrogen) atoms. The third-order valence-corrected chi connectivity index (χ3v) is 13.6. The molecule has 0 N–H and O–H groups in total. The molecule has 6 heteroatoms. The average Bonchev–Trinajstić information content (AvgIpc) is 3.40. The highest BCUT2D eigenvalue weighted by Gasteiger charge is 2.19. The molecule has 1 atom stereocenters. The zero-order valence-corrected chi connectivity index (χ0v) is 48.8. The van der Waals surface area contributed by atoms with E-state index in [0.29, 0.717) is 19.3 Å². The maximum Gasteiger partial charge on any atom is 0.306 e. The second kappa shape index (κ2) is 62.1. The highest BCUT2D eigenvalue weighted by Crippen LogP contribution is 2.16. The molecular formula is C68H118O6. The topological polar surface area (TPSA) is 78.9 Å². The van der Waals surface area contributed by atoms with E-state index in [4.69, 9.17) is 14.2 Å². The molecular weight excluding hydrogens is 913 g/mol. The lowest BCUT2D eigenvalue weighted by molar-refractivity contribution is -0.167. The van der Waals surface area contributed by atoms with E-state index < -0.39 is 6.10 Å². The van der Waals surface area contributed by atoms with Gasteiger partial charge >= 0.3 is 17.9 Å². The zero-order valence-electron chi connectivity index (χ0n) is 48.8. The van der Waals surface area contributed by atoms with Gasteiger partial charge in [-0.3, -0.25) is 14.4 Å². The second-order valence-corrected chi connectivity index (χ2v) is 20.9. The Morgan fingerprint density at radius 2 is 0.527 bits per heavy atom. The first-order valence-corrected chi connectivity index (χ1v) is 31.6. The average molecular weight is 1030 g/mol.